The van der Waals surface area contributed by atoms with E-state index in [2.05, 4.69) is 10.2 Å². The molecule has 2 aliphatic rings. The smallest absolute Gasteiger partial charge is 0.236 e. The monoisotopic (exact) mass is 227 g/mol. The Kier molecular flexibility index (Phi) is 4.15. The van der Waals surface area contributed by atoms with Crippen molar-refractivity contribution in [2.75, 3.05) is 52.9 Å². The summed E-state index contributed by atoms with van der Waals surface area (Å²) in [6, 6.07) is 0. The highest BCUT2D eigenvalue weighted by atomic mass is 16.5. The van der Waals surface area contributed by atoms with Crippen molar-refractivity contribution in [1.29, 1.82) is 0 Å². The summed E-state index contributed by atoms with van der Waals surface area (Å²) in [6.07, 6.45) is 1.39. The minimum atomic E-state index is 0.225. The summed E-state index contributed by atoms with van der Waals surface area (Å²) >= 11 is 0. The fraction of sp³-hybridized carbons (Fsp3) is 0.909. The molecule has 0 radical (unpaired) electrons. The van der Waals surface area contributed by atoms with Crippen molar-refractivity contribution in [3.63, 3.8) is 0 Å². The maximum absolute atomic E-state index is 11.8. The van der Waals surface area contributed by atoms with E-state index in [1.807, 2.05) is 11.9 Å². The molecule has 0 aromatic rings. The van der Waals surface area contributed by atoms with E-state index in [0.717, 1.165) is 45.8 Å². The number of carbonyl (C=O) groups is 1. The maximum Gasteiger partial charge on any atom is 0.236 e. The first-order valence-electron chi connectivity index (χ1n) is 6.06. The lowest BCUT2D eigenvalue weighted by atomic mass is 10.2. The molecular weight excluding hydrogens is 206 g/mol. The topological polar surface area (TPSA) is 44.8 Å². The van der Waals surface area contributed by atoms with Crippen LogP contribution in [0.3, 0.4) is 0 Å². The highest BCUT2D eigenvalue weighted by Crippen LogP contribution is 2.09. The molecule has 5 heteroatoms. The first-order valence-corrected chi connectivity index (χ1v) is 6.06. The second kappa shape index (κ2) is 5.61. The molecule has 1 amide bonds. The van der Waals surface area contributed by atoms with Crippen molar-refractivity contribution in [2.45, 2.75) is 12.5 Å². The number of hydrogen-bond donors (Lipinski definition) is 1. The zero-order valence-electron chi connectivity index (χ0n) is 9.95. The van der Waals surface area contributed by atoms with Crippen LogP contribution < -0.4 is 5.32 Å². The van der Waals surface area contributed by atoms with Gasteiger partial charge in [-0.25, -0.2) is 0 Å². The molecule has 2 aliphatic heterocycles. The molecule has 5 nitrogen and oxygen atoms in total. The number of likely N-dealkylation sites (tertiary alicyclic amines) is 1. The van der Waals surface area contributed by atoms with Gasteiger partial charge in [0.2, 0.25) is 5.91 Å². The molecule has 2 rings (SSSR count). The summed E-state index contributed by atoms with van der Waals surface area (Å²) in [4.78, 5) is 15.9. The Balaban J connectivity index is 1.73. The van der Waals surface area contributed by atoms with Crippen molar-refractivity contribution in [1.82, 2.24) is 15.1 Å². The van der Waals surface area contributed by atoms with Crippen LogP contribution in [-0.2, 0) is 9.53 Å². The lowest BCUT2D eigenvalue weighted by Gasteiger charge is -2.36. The predicted molar refractivity (Wildman–Crippen MR) is 61.3 cm³/mol. The normalized spacial score (nSPS) is 26.6. The van der Waals surface area contributed by atoms with E-state index in [1.165, 1.54) is 0 Å². The van der Waals surface area contributed by atoms with Gasteiger partial charge >= 0.3 is 0 Å². The number of ether oxygens (including phenoxy) is 1. The van der Waals surface area contributed by atoms with Gasteiger partial charge in [-0.2, -0.15) is 0 Å². The summed E-state index contributed by atoms with van der Waals surface area (Å²) in [5.41, 5.74) is 0. The van der Waals surface area contributed by atoms with Crippen LogP contribution >= 0.6 is 0 Å². The maximum atomic E-state index is 11.8. The average Bonchev–Trinajstić information content (AvgIpc) is 2.15. The molecule has 92 valence electrons. The van der Waals surface area contributed by atoms with Gasteiger partial charge in [0.15, 0.2) is 0 Å². The minimum absolute atomic E-state index is 0.225. The summed E-state index contributed by atoms with van der Waals surface area (Å²) in [6.45, 7) is 5.78. The third-order valence-corrected chi connectivity index (χ3v) is 3.22. The van der Waals surface area contributed by atoms with Crippen molar-refractivity contribution < 1.29 is 9.53 Å². The average molecular weight is 227 g/mol. The predicted octanol–water partition coefficient (Wildman–Crippen LogP) is -0.861. The Labute approximate surface area is 96.7 Å². The molecule has 2 heterocycles. The molecular formula is C11H21N3O2. The van der Waals surface area contributed by atoms with Gasteiger partial charge in [0.05, 0.1) is 19.3 Å². The quantitative estimate of drug-likeness (QED) is 0.679. The van der Waals surface area contributed by atoms with Gasteiger partial charge in [0, 0.05) is 32.7 Å². The zero-order chi connectivity index (χ0) is 11.4. The van der Waals surface area contributed by atoms with Gasteiger partial charge in [-0.05, 0) is 13.5 Å². The molecule has 0 aromatic carbocycles. The molecule has 2 fully saturated rings. The number of likely N-dealkylation sites (N-methyl/N-ethyl adjacent to an activating group) is 1. The van der Waals surface area contributed by atoms with Crippen molar-refractivity contribution in [3.8, 4) is 0 Å². The Morgan fingerprint density at radius 3 is 2.88 bits per heavy atom. The van der Waals surface area contributed by atoms with Gasteiger partial charge in [0.25, 0.3) is 0 Å². The van der Waals surface area contributed by atoms with Crippen molar-refractivity contribution >= 4 is 5.91 Å². The summed E-state index contributed by atoms with van der Waals surface area (Å²) in [5.74, 6) is 0.274. The minimum Gasteiger partial charge on any atom is -0.374 e. The van der Waals surface area contributed by atoms with E-state index < -0.39 is 0 Å². The zero-order valence-corrected chi connectivity index (χ0v) is 9.95. The largest absolute Gasteiger partial charge is 0.374 e. The van der Waals surface area contributed by atoms with Crippen molar-refractivity contribution in [3.05, 3.63) is 0 Å². The standard InChI is InChI=1S/C11H21N3O2/c1-12-7-10-8-13(5-6-16-10)9-11(15)14-3-2-4-14/h10,12H,2-9H2,1H3. The van der Waals surface area contributed by atoms with Crippen LogP contribution in [0.4, 0.5) is 0 Å². The van der Waals surface area contributed by atoms with Gasteiger partial charge < -0.3 is 15.0 Å². The first-order chi connectivity index (χ1) is 7.79. The third-order valence-electron chi connectivity index (χ3n) is 3.22. The second-order valence-corrected chi connectivity index (χ2v) is 4.52. The van der Waals surface area contributed by atoms with Crippen LogP contribution in [0.2, 0.25) is 0 Å². The summed E-state index contributed by atoms with van der Waals surface area (Å²) in [7, 11) is 1.92. The van der Waals surface area contributed by atoms with Gasteiger partial charge in [-0.15, -0.1) is 0 Å². The summed E-state index contributed by atoms with van der Waals surface area (Å²) in [5, 5.41) is 3.11. The molecule has 0 saturated carbocycles. The Bertz CT molecular complexity index is 241. The molecule has 1 unspecified atom stereocenters. The third kappa shape index (κ3) is 2.93. The molecule has 0 spiro atoms. The van der Waals surface area contributed by atoms with E-state index in [4.69, 9.17) is 4.74 Å². The van der Waals surface area contributed by atoms with Crippen LogP contribution in [0, 0.1) is 0 Å². The number of nitrogens with one attached hydrogen (secondary N) is 1. The molecule has 16 heavy (non-hydrogen) atoms. The number of hydrogen-bond acceptors (Lipinski definition) is 4. The van der Waals surface area contributed by atoms with Crippen LogP contribution in [0.15, 0.2) is 0 Å². The number of morpholine rings is 1. The lowest BCUT2D eigenvalue weighted by Crippen LogP contribution is -2.52. The SMILES string of the molecule is CNCC1CN(CC(=O)N2CCC2)CCO1. The van der Waals surface area contributed by atoms with E-state index in [0.29, 0.717) is 6.54 Å². The fourth-order valence-corrected chi connectivity index (χ4v) is 2.13. The van der Waals surface area contributed by atoms with Gasteiger partial charge in [-0.1, -0.05) is 0 Å². The number of rotatable bonds is 4. The Morgan fingerprint density at radius 2 is 2.25 bits per heavy atom. The van der Waals surface area contributed by atoms with Crippen LogP contribution in [-0.4, -0.2) is 74.7 Å². The molecule has 1 N–H and O–H groups in total. The lowest BCUT2D eigenvalue weighted by molar-refractivity contribution is -0.137. The van der Waals surface area contributed by atoms with E-state index >= 15 is 0 Å². The van der Waals surface area contributed by atoms with E-state index in [1.54, 1.807) is 0 Å². The second-order valence-electron chi connectivity index (χ2n) is 4.52. The van der Waals surface area contributed by atoms with Gasteiger partial charge in [-0.3, -0.25) is 9.69 Å². The van der Waals surface area contributed by atoms with Crippen LogP contribution in [0.25, 0.3) is 0 Å². The van der Waals surface area contributed by atoms with Gasteiger partial charge in [0.1, 0.15) is 0 Å². The Morgan fingerprint density at radius 1 is 1.44 bits per heavy atom. The van der Waals surface area contributed by atoms with Crippen LogP contribution in [0.5, 0.6) is 0 Å². The highest BCUT2D eigenvalue weighted by molar-refractivity contribution is 5.78. The molecule has 2 saturated heterocycles. The molecule has 0 aliphatic carbocycles. The van der Waals surface area contributed by atoms with E-state index in [9.17, 15) is 4.79 Å². The highest BCUT2D eigenvalue weighted by Gasteiger charge is 2.25. The van der Waals surface area contributed by atoms with E-state index in [-0.39, 0.29) is 12.0 Å². The molecule has 0 aromatic heterocycles. The van der Waals surface area contributed by atoms with Crippen LogP contribution in [0.1, 0.15) is 6.42 Å². The molecule has 0 bridgehead atoms. The molecule has 1 atom stereocenters. The first kappa shape index (κ1) is 11.8. The Hall–Kier alpha value is -0.650. The number of nitrogens with zero attached hydrogens (tertiary/aromatic N) is 2. The fourth-order valence-electron chi connectivity index (χ4n) is 2.13. The summed E-state index contributed by atoms with van der Waals surface area (Å²) < 4.78 is 5.60. The number of amides is 1. The number of carbonyl (C=O) groups excluding carboxylic acids is 1. The van der Waals surface area contributed by atoms with Crippen molar-refractivity contribution in [2.24, 2.45) is 0 Å².